The summed E-state index contributed by atoms with van der Waals surface area (Å²) in [5.74, 6) is -0.190. The molecule has 74 valence electrons. The molecule has 0 aromatic heterocycles. The van der Waals surface area contributed by atoms with E-state index in [1.165, 1.54) is 12.1 Å². The summed E-state index contributed by atoms with van der Waals surface area (Å²) >= 11 is 0. The van der Waals surface area contributed by atoms with Crippen molar-refractivity contribution in [3.63, 3.8) is 0 Å². The van der Waals surface area contributed by atoms with Gasteiger partial charge in [0.2, 0.25) is 5.91 Å². The van der Waals surface area contributed by atoms with Gasteiger partial charge in [0.05, 0.1) is 5.92 Å². The molecule has 0 saturated carbocycles. The highest BCUT2D eigenvalue weighted by atomic mass is 19.1. The van der Waals surface area contributed by atoms with E-state index in [9.17, 15) is 9.18 Å². The van der Waals surface area contributed by atoms with Crippen LogP contribution in [0.4, 0.5) is 4.39 Å². The van der Waals surface area contributed by atoms with Crippen molar-refractivity contribution < 1.29 is 9.18 Å². The van der Waals surface area contributed by atoms with Crippen molar-refractivity contribution in [2.75, 3.05) is 13.6 Å². The van der Waals surface area contributed by atoms with E-state index < -0.39 is 0 Å². The maximum atomic E-state index is 12.7. The van der Waals surface area contributed by atoms with Gasteiger partial charge in [0.1, 0.15) is 5.82 Å². The minimum absolute atomic E-state index is 0.0689. The smallest absolute Gasteiger partial charge is 0.229 e. The van der Waals surface area contributed by atoms with Gasteiger partial charge in [0.15, 0.2) is 0 Å². The van der Waals surface area contributed by atoms with Crippen LogP contribution in [0.25, 0.3) is 0 Å². The van der Waals surface area contributed by atoms with Crippen molar-refractivity contribution in [1.82, 2.24) is 4.90 Å². The summed E-state index contributed by atoms with van der Waals surface area (Å²) in [6.07, 6.45) is 0.834. The van der Waals surface area contributed by atoms with Gasteiger partial charge in [-0.3, -0.25) is 4.79 Å². The first-order valence-corrected chi connectivity index (χ1v) is 4.69. The molecule has 3 heteroatoms. The zero-order chi connectivity index (χ0) is 10.1. The number of hydrogen-bond acceptors (Lipinski definition) is 1. The van der Waals surface area contributed by atoms with Crippen LogP contribution < -0.4 is 0 Å². The average molecular weight is 193 g/mol. The van der Waals surface area contributed by atoms with E-state index in [1.807, 2.05) is 0 Å². The van der Waals surface area contributed by atoms with E-state index in [2.05, 4.69) is 0 Å². The number of carbonyl (C=O) groups excluding carboxylic acids is 1. The SMILES string of the molecule is CN1CCC(c2ccc(F)cc2)C1=O. The molecule has 0 radical (unpaired) electrons. The summed E-state index contributed by atoms with van der Waals surface area (Å²) < 4.78 is 12.7. The Balaban J connectivity index is 2.24. The summed E-state index contributed by atoms with van der Waals surface area (Å²) in [5.41, 5.74) is 0.917. The van der Waals surface area contributed by atoms with E-state index in [0.29, 0.717) is 0 Å². The van der Waals surface area contributed by atoms with Crippen molar-refractivity contribution in [2.45, 2.75) is 12.3 Å². The Morgan fingerprint density at radius 3 is 2.50 bits per heavy atom. The normalized spacial score (nSPS) is 21.7. The zero-order valence-corrected chi connectivity index (χ0v) is 8.03. The highest BCUT2D eigenvalue weighted by Gasteiger charge is 2.29. The largest absolute Gasteiger partial charge is 0.345 e. The van der Waals surface area contributed by atoms with Gasteiger partial charge in [-0.1, -0.05) is 12.1 Å². The Labute approximate surface area is 82.3 Å². The van der Waals surface area contributed by atoms with Crippen LogP contribution >= 0.6 is 0 Å². The molecule has 1 heterocycles. The zero-order valence-electron chi connectivity index (χ0n) is 8.03. The van der Waals surface area contributed by atoms with Gasteiger partial charge in [-0.05, 0) is 24.1 Å². The molecule has 0 N–H and O–H groups in total. The third-order valence-corrected chi connectivity index (χ3v) is 2.70. The van der Waals surface area contributed by atoms with Crippen molar-refractivity contribution in [3.8, 4) is 0 Å². The number of rotatable bonds is 1. The van der Waals surface area contributed by atoms with Crippen LogP contribution in [-0.4, -0.2) is 24.4 Å². The first-order valence-electron chi connectivity index (χ1n) is 4.69. The predicted molar refractivity (Wildman–Crippen MR) is 51.4 cm³/mol. The number of carbonyl (C=O) groups is 1. The molecule has 2 nitrogen and oxygen atoms in total. The van der Waals surface area contributed by atoms with Crippen LogP contribution in [-0.2, 0) is 4.79 Å². The Bertz CT molecular complexity index is 347. The maximum Gasteiger partial charge on any atom is 0.229 e. The van der Waals surface area contributed by atoms with E-state index in [4.69, 9.17) is 0 Å². The molecule has 1 amide bonds. The third-order valence-electron chi connectivity index (χ3n) is 2.70. The van der Waals surface area contributed by atoms with E-state index in [-0.39, 0.29) is 17.6 Å². The van der Waals surface area contributed by atoms with Gasteiger partial charge in [-0.15, -0.1) is 0 Å². The maximum absolute atomic E-state index is 12.7. The van der Waals surface area contributed by atoms with Crippen LogP contribution in [0.1, 0.15) is 17.9 Å². The van der Waals surface area contributed by atoms with Crippen LogP contribution in [0.3, 0.4) is 0 Å². The van der Waals surface area contributed by atoms with Crippen molar-refractivity contribution in [2.24, 2.45) is 0 Å². The van der Waals surface area contributed by atoms with Gasteiger partial charge in [0, 0.05) is 13.6 Å². The van der Waals surface area contributed by atoms with Crippen molar-refractivity contribution in [1.29, 1.82) is 0 Å². The number of benzene rings is 1. The van der Waals surface area contributed by atoms with Gasteiger partial charge >= 0.3 is 0 Å². The molecule has 1 fully saturated rings. The molecule has 14 heavy (non-hydrogen) atoms. The lowest BCUT2D eigenvalue weighted by Crippen LogP contribution is -2.21. The van der Waals surface area contributed by atoms with E-state index in [1.54, 1.807) is 24.1 Å². The Hall–Kier alpha value is -1.38. The Kier molecular flexibility index (Phi) is 2.23. The second-order valence-electron chi connectivity index (χ2n) is 3.65. The molecule has 0 bridgehead atoms. The number of likely N-dealkylation sites (tertiary alicyclic amines) is 1. The number of hydrogen-bond donors (Lipinski definition) is 0. The molecule has 2 rings (SSSR count). The lowest BCUT2D eigenvalue weighted by Gasteiger charge is -2.10. The molecular weight excluding hydrogens is 181 g/mol. The fraction of sp³-hybridized carbons (Fsp3) is 0.364. The van der Waals surface area contributed by atoms with Crippen LogP contribution in [0.2, 0.25) is 0 Å². The van der Waals surface area contributed by atoms with Gasteiger partial charge in [0.25, 0.3) is 0 Å². The molecule has 1 atom stereocenters. The number of nitrogens with zero attached hydrogens (tertiary/aromatic N) is 1. The van der Waals surface area contributed by atoms with Gasteiger partial charge < -0.3 is 4.90 Å². The Morgan fingerprint density at radius 1 is 1.36 bits per heavy atom. The first kappa shape index (κ1) is 9.19. The predicted octanol–water partition coefficient (Wildman–Crippen LogP) is 1.77. The van der Waals surface area contributed by atoms with Crippen molar-refractivity contribution in [3.05, 3.63) is 35.6 Å². The lowest BCUT2D eigenvalue weighted by molar-refractivity contribution is -0.127. The number of likely N-dealkylation sites (N-methyl/N-ethyl adjacent to an activating group) is 1. The molecule has 0 spiro atoms. The third kappa shape index (κ3) is 1.50. The molecule has 1 aliphatic rings. The topological polar surface area (TPSA) is 20.3 Å². The summed E-state index contributed by atoms with van der Waals surface area (Å²) in [5, 5.41) is 0. The average Bonchev–Trinajstić information content (AvgIpc) is 2.50. The monoisotopic (exact) mass is 193 g/mol. The molecule has 0 aliphatic carbocycles. The molecule has 1 unspecified atom stereocenters. The minimum Gasteiger partial charge on any atom is -0.345 e. The summed E-state index contributed by atoms with van der Waals surface area (Å²) in [4.78, 5) is 13.3. The van der Waals surface area contributed by atoms with E-state index >= 15 is 0 Å². The second kappa shape index (κ2) is 3.40. The fourth-order valence-electron chi connectivity index (χ4n) is 1.83. The minimum atomic E-state index is -0.257. The highest BCUT2D eigenvalue weighted by Crippen LogP contribution is 2.27. The highest BCUT2D eigenvalue weighted by molar-refractivity contribution is 5.85. The number of amides is 1. The van der Waals surface area contributed by atoms with Gasteiger partial charge in [-0.2, -0.15) is 0 Å². The van der Waals surface area contributed by atoms with Gasteiger partial charge in [-0.25, -0.2) is 4.39 Å². The van der Waals surface area contributed by atoms with Crippen LogP contribution in [0, 0.1) is 5.82 Å². The first-order chi connectivity index (χ1) is 6.68. The van der Waals surface area contributed by atoms with Crippen LogP contribution in [0.15, 0.2) is 24.3 Å². The summed E-state index contributed by atoms with van der Waals surface area (Å²) in [6, 6.07) is 6.19. The van der Waals surface area contributed by atoms with Crippen molar-refractivity contribution >= 4 is 5.91 Å². The summed E-state index contributed by atoms with van der Waals surface area (Å²) in [7, 11) is 1.80. The van der Waals surface area contributed by atoms with E-state index in [0.717, 1.165) is 18.5 Å². The molecule has 1 aromatic rings. The quantitative estimate of drug-likeness (QED) is 0.665. The summed E-state index contributed by atoms with van der Waals surface area (Å²) in [6.45, 7) is 0.793. The second-order valence-corrected chi connectivity index (χ2v) is 3.65. The molecule has 1 saturated heterocycles. The Morgan fingerprint density at radius 2 is 2.00 bits per heavy atom. The lowest BCUT2D eigenvalue weighted by atomic mass is 9.98. The van der Waals surface area contributed by atoms with Crippen LogP contribution in [0.5, 0.6) is 0 Å². The standard InChI is InChI=1S/C11H12FNO/c1-13-7-6-10(11(13)14)8-2-4-9(12)5-3-8/h2-5,10H,6-7H2,1H3. The molecule has 1 aliphatic heterocycles. The molecular formula is C11H12FNO. The molecule has 1 aromatic carbocycles. The number of halogens is 1. The fourth-order valence-corrected chi connectivity index (χ4v) is 1.83.